The summed E-state index contributed by atoms with van der Waals surface area (Å²) in [6, 6.07) is 22.0. The molecule has 0 saturated carbocycles. The van der Waals surface area contributed by atoms with E-state index in [0.29, 0.717) is 38.1 Å². The van der Waals surface area contributed by atoms with Gasteiger partial charge in [0.15, 0.2) is 0 Å². The molecule has 1 aliphatic rings. The second-order valence-corrected chi connectivity index (χ2v) is 9.21. The molecule has 0 bridgehead atoms. The molecule has 2 atom stereocenters. The molecule has 2 N–H and O–H groups in total. The highest BCUT2D eigenvalue weighted by molar-refractivity contribution is 5.35. The van der Waals surface area contributed by atoms with Crippen molar-refractivity contribution >= 4 is 0 Å². The summed E-state index contributed by atoms with van der Waals surface area (Å²) < 4.78 is 23.4. The number of hydrogen-bond acceptors (Lipinski definition) is 6. The van der Waals surface area contributed by atoms with Crippen LogP contribution in [-0.4, -0.2) is 44.6 Å². The van der Waals surface area contributed by atoms with Crippen LogP contribution in [0.25, 0.3) is 0 Å². The SMILES string of the molecule is COc1ccccc1COCCCOc1ccc(C2CCNCC2OCc2ccc(C)c(O)c2)cc1. The third kappa shape index (κ3) is 7.23. The fraction of sp³-hybridized carbons (Fsp3) is 0.400. The molecular formula is C30H37NO5. The van der Waals surface area contributed by atoms with Gasteiger partial charge >= 0.3 is 0 Å². The molecule has 0 aliphatic carbocycles. The molecular weight excluding hydrogens is 454 g/mol. The van der Waals surface area contributed by atoms with Crippen molar-refractivity contribution in [3.05, 3.63) is 89.0 Å². The number of benzene rings is 3. The van der Waals surface area contributed by atoms with Gasteiger partial charge in [0.05, 0.1) is 39.6 Å². The van der Waals surface area contributed by atoms with Crippen LogP contribution >= 0.6 is 0 Å². The van der Waals surface area contributed by atoms with E-state index >= 15 is 0 Å². The summed E-state index contributed by atoms with van der Waals surface area (Å²) in [7, 11) is 1.67. The fourth-order valence-corrected chi connectivity index (χ4v) is 4.50. The standard InChI is InChI=1S/C30H37NO5/c1-22-8-9-23(18-28(22)32)20-36-30-19-31-15-14-27(30)24-10-12-26(13-11-24)35-17-5-16-34-21-25-6-3-4-7-29(25)33-2/h3-4,6-13,18,27,30-32H,5,14-17,19-21H2,1-2H3. The van der Waals surface area contributed by atoms with E-state index in [-0.39, 0.29) is 6.10 Å². The zero-order valence-corrected chi connectivity index (χ0v) is 21.2. The van der Waals surface area contributed by atoms with Gasteiger partial charge in [-0.05, 0) is 60.8 Å². The van der Waals surface area contributed by atoms with Crippen molar-refractivity contribution in [1.29, 1.82) is 0 Å². The highest BCUT2D eigenvalue weighted by Gasteiger charge is 2.27. The largest absolute Gasteiger partial charge is 0.508 e. The summed E-state index contributed by atoms with van der Waals surface area (Å²) in [5.41, 5.74) is 4.17. The van der Waals surface area contributed by atoms with Crippen LogP contribution < -0.4 is 14.8 Å². The average Bonchev–Trinajstić information content (AvgIpc) is 2.92. The first kappa shape index (κ1) is 26.0. The van der Waals surface area contributed by atoms with Crippen LogP contribution in [0.5, 0.6) is 17.2 Å². The van der Waals surface area contributed by atoms with Crippen LogP contribution in [0.15, 0.2) is 66.7 Å². The average molecular weight is 492 g/mol. The number of nitrogens with one attached hydrogen (secondary N) is 1. The minimum absolute atomic E-state index is 0.0781. The lowest BCUT2D eigenvalue weighted by Crippen LogP contribution is -2.40. The number of methoxy groups -OCH3 is 1. The predicted octanol–water partition coefficient (Wildman–Crippen LogP) is 5.36. The molecule has 2 unspecified atom stereocenters. The Balaban J connectivity index is 1.21. The molecule has 0 radical (unpaired) electrons. The van der Waals surface area contributed by atoms with Crippen LogP contribution in [0.2, 0.25) is 0 Å². The van der Waals surface area contributed by atoms with Crippen molar-refractivity contribution < 1.29 is 24.1 Å². The Hall–Kier alpha value is -3.06. The zero-order valence-electron chi connectivity index (χ0n) is 21.2. The van der Waals surface area contributed by atoms with Crippen LogP contribution in [0.3, 0.4) is 0 Å². The highest BCUT2D eigenvalue weighted by atomic mass is 16.5. The monoisotopic (exact) mass is 491 g/mol. The number of para-hydroxylation sites is 1. The number of aromatic hydroxyl groups is 1. The lowest BCUT2D eigenvalue weighted by atomic mass is 9.87. The van der Waals surface area contributed by atoms with Gasteiger partial charge in [0.1, 0.15) is 17.2 Å². The van der Waals surface area contributed by atoms with Gasteiger partial charge in [0, 0.05) is 24.4 Å². The molecule has 6 heteroatoms. The Bertz CT molecular complexity index is 1080. The van der Waals surface area contributed by atoms with Crippen molar-refractivity contribution in [2.75, 3.05) is 33.4 Å². The third-order valence-electron chi connectivity index (χ3n) is 6.62. The molecule has 1 fully saturated rings. The summed E-state index contributed by atoms with van der Waals surface area (Å²) in [6.45, 7) is 5.93. The van der Waals surface area contributed by atoms with Crippen molar-refractivity contribution in [3.8, 4) is 17.2 Å². The number of rotatable bonds is 12. The molecule has 6 nitrogen and oxygen atoms in total. The molecule has 1 saturated heterocycles. The van der Waals surface area contributed by atoms with Crippen molar-refractivity contribution in [2.24, 2.45) is 0 Å². The Kier molecular flexibility index (Phi) is 9.61. The van der Waals surface area contributed by atoms with E-state index in [9.17, 15) is 5.11 Å². The van der Waals surface area contributed by atoms with E-state index < -0.39 is 0 Å². The van der Waals surface area contributed by atoms with Crippen molar-refractivity contribution in [1.82, 2.24) is 5.32 Å². The van der Waals surface area contributed by atoms with Crippen LogP contribution in [0.1, 0.15) is 41.0 Å². The predicted molar refractivity (Wildman–Crippen MR) is 141 cm³/mol. The minimum Gasteiger partial charge on any atom is -0.508 e. The molecule has 4 rings (SSSR count). The molecule has 0 spiro atoms. The normalized spacial score (nSPS) is 17.6. The summed E-state index contributed by atoms with van der Waals surface area (Å²) in [5, 5.41) is 13.4. The fourth-order valence-electron chi connectivity index (χ4n) is 4.50. The van der Waals surface area contributed by atoms with Gasteiger partial charge in [0.2, 0.25) is 0 Å². The van der Waals surface area contributed by atoms with Gasteiger partial charge in [0.25, 0.3) is 0 Å². The van der Waals surface area contributed by atoms with Gasteiger partial charge in [-0.25, -0.2) is 0 Å². The van der Waals surface area contributed by atoms with Gasteiger partial charge in [-0.1, -0.05) is 42.5 Å². The molecule has 1 aliphatic heterocycles. The van der Waals surface area contributed by atoms with Crippen LogP contribution in [0.4, 0.5) is 0 Å². The maximum Gasteiger partial charge on any atom is 0.124 e. The number of hydrogen-bond donors (Lipinski definition) is 2. The van der Waals surface area contributed by atoms with Gasteiger partial charge in [-0.2, -0.15) is 0 Å². The van der Waals surface area contributed by atoms with Gasteiger partial charge < -0.3 is 29.4 Å². The van der Waals surface area contributed by atoms with E-state index in [1.165, 1.54) is 5.56 Å². The highest BCUT2D eigenvalue weighted by Crippen LogP contribution is 2.30. The molecule has 0 amide bonds. The molecule has 1 heterocycles. The number of piperidine rings is 1. The number of aryl methyl sites for hydroxylation is 1. The van der Waals surface area contributed by atoms with E-state index in [1.807, 2.05) is 55.5 Å². The Morgan fingerprint density at radius 1 is 0.972 bits per heavy atom. The third-order valence-corrected chi connectivity index (χ3v) is 6.62. The number of phenols is 1. The summed E-state index contributed by atoms with van der Waals surface area (Å²) in [4.78, 5) is 0. The molecule has 3 aromatic rings. The topological polar surface area (TPSA) is 69.2 Å². The first-order chi connectivity index (χ1) is 17.6. The first-order valence-electron chi connectivity index (χ1n) is 12.7. The van der Waals surface area contributed by atoms with E-state index in [4.69, 9.17) is 18.9 Å². The van der Waals surface area contributed by atoms with Gasteiger partial charge in [-0.3, -0.25) is 0 Å². The maximum atomic E-state index is 9.97. The summed E-state index contributed by atoms with van der Waals surface area (Å²) in [6.07, 6.45) is 1.91. The van der Waals surface area contributed by atoms with Gasteiger partial charge in [-0.15, -0.1) is 0 Å². The Labute approximate surface area is 214 Å². The lowest BCUT2D eigenvalue weighted by molar-refractivity contribution is 0.0105. The molecule has 0 aromatic heterocycles. The molecule has 192 valence electrons. The van der Waals surface area contributed by atoms with E-state index in [1.54, 1.807) is 13.2 Å². The second-order valence-electron chi connectivity index (χ2n) is 9.21. The zero-order chi connectivity index (χ0) is 25.2. The minimum atomic E-state index is 0.0781. The first-order valence-corrected chi connectivity index (χ1v) is 12.7. The van der Waals surface area contributed by atoms with Crippen molar-refractivity contribution in [3.63, 3.8) is 0 Å². The molecule has 36 heavy (non-hydrogen) atoms. The number of phenolic OH excluding ortho intramolecular Hbond substituents is 1. The van der Waals surface area contributed by atoms with E-state index in [2.05, 4.69) is 17.4 Å². The maximum absolute atomic E-state index is 9.97. The Morgan fingerprint density at radius 2 is 1.81 bits per heavy atom. The smallest absolute Gasteiger partial charge is 0.124 e. The lowest BCUT2D eigenvalue weighted by Gasteiger charge is -2.32. The van der Waals surface area contributed by atoms with Crippen LogP contribution in [0, 0.1) is 6.92 Å². The summed E-state index contributed by atoms with van der Waals surface area (Å²) >= 11 is 0. The number of ether oxygens (including phenoxy) is 4. The quantitative estimate of drug-likeness (QED) is 0.333. The molecule has 3 aromatic carbocycles. The summed E-state index contributed by atoms with van der Waals surface area (Å²) in [5.74, 6) is 2.35. The van der Waals surface area contributed by atoms with Crippen LogP contribution in [-0.2, 0) is 22.7 Å². The van der Waals surface area contributed by atoms with Crippen molar-refractivity contribution in [2.45, 2.75) is 45.0 Å². The van der Waals surface area contributed by atoms with E-state index in [0.717, 1.165) is 54.1 Å². The second kappa shape index (κ2) is 13.3. The Morgan fingerprint density at radius 3 is 2.61 bits per heavy atom.